The normalized spacial score (nSPS) is 12.7. The Labute approximate surface area is 109 Å². The molecule has 0 aliphatic rings. The van der Waals surface area contributed by atoms with Gasteiger partial charge in [-0.1, -0.05) is 36.4 Å². The Morgan fingerprint density at radius 1 is 1.06 bits per heavy atom. The van der Waals surface area contributed by atoms with Gasteiger partial charge in [0.15, 0.2) is 0 Å². The van der Waals surface area contributed by atoms with E-state index >= 15 is 0 Å². The first-order valence-electron chi connectivity index (χ1n) is 5.75. The van der Waals surface area contributed by atoms with E-state index in [1.807, 2.05) is 53.2 Å². The summed E-state index contributed by atoms with van der Waals surface area (Å²) in [6.45, 7) is 0. The van der Waals surface area contributed by atoms with Crippen LogP contribution in [0.5, 0.6) is 5.75 Å². The zero-order valence-corrected chi connectivity index (χ0v) is 10.5. The molecule has 0 spiro atoms. The van der Waals surface area contributed by atoms with E-state index in [1.165, 1.54) is 0 Å². The van der Waals surface area contributed by atoms with E-state index in [4.69, 9.17) is 5.73 Å². The second-order valence-corrected chi connectivity index (χ2v) is 5.04. The van der Waals surface area contributed by atoms with Crippen LogP contribution in [0.15, 0.2) is 53.2 Å². The van der Waals surface area contributed by atoms with Crippen LogP contribution in [0.1, 0.15) is 17.2 Å². The number of phenolic OH excluding ortho intramolecular Hbond substituents is 1. The van der Waals surface area contributed by atoms with Crippen LogP contribution < -0.4 is 5.73 Å². The van der Waals surface area contributed by atoms with Crippen LogP contribution in [0.25, 0.3) is 10.8 Å². The van der Waals surface area contributed by atoms with Crippen molar-refractivity contribution >= 4 is 22.1 Å². The first kappa shape index (κ1) is 11.3. The van der Waals surface area contributed by atoms with E-state index in [0.717, 1.165) is 21.9 Å². The van der Waals surface area contributed by atoms with Gasteiger partial charge in [-0.3, -0.25) is 0 Å². The summed E-state index contributed by atoms with van der Waals surface area (Å²) in [5.41, 5.74) is 8.00. The lowest BCUT2D eigenvalue weighted by Gasteiger charge is -2.14. The van der Waals surface area contributed by atoms with Crippen molar-refractivity contribution in [3.8, 4) is 5.75 Å². The summed E-state index contributed by atoms with van der Waals surface area (Å²) < 4.78 is 0. The van der Waals surface area contributed by atoms with Gasteiger partial charge in [-0.15, -0.1) is 0 Å². The van der Waals surface area contributed by atoms with Crippen molar-refractivity contribution in [1.82, 2.24) is 0 Å². The van der Waals surface area contributed by atoms with Gasteiger partial charge in [0, 0.05) is 10.9 Å². The number of rotatable bonds is 2. The SMILES string of the molecule is NC(c1ccsc1)c1ccc2ccccc2c1O. The third kappa shape index (κ3) is 1.78. The summed E-state index contributed by atoms with van der Waals surface area (Å²) in [4.78, 5) is 0. The van der Waals surface area contributed by atoms with Gasteiger partial charge in [-0.05, 0) is 27.8 Å². The van der Waals surface area contributed by atoms with Gasteiger partial charge in [0.25, 0.3) is 0 Å². The lowest BCUT2D eigenvalue weighted by molar-refractivity contribution is 0.472. The van der Waals surface area contributed by atoms with Gasteiger partial charge < -0.3 is 10.8 Å². The minimum Gasteiger partial charge on any atom is -0.507 e. The van der Waals surface area contributed by atoms with Gasteiger partial charge in [-0.2, -0.15) is 11.3 Å². The standard InChI is InChI=1S/C15H13NOS/c16-14(11-7-8-18-9-11)13-6-5-10-3-1-2-4-12(10)15(13)17/h1-9,14,17H,16H2. The molecule has 3 aromatic rings. The molecule has 2 aromatic carbocycles. The average molecular weight is 255 g/mol. The molecule has 3 N–H and O–H groups in total. The van der Waals surface area contributed by atoms with Crippen LogP contribution in [0.3, 0.4) is 0 Å². The summed E-state index contributed by atoms with van der Waals surface area (Å²) in [5, 5.41) is 16.2. The molecule has 90 valence electrons. The molecule has 0 bridgehead atoms. The number of hydrogen-bond acceptors (Lipinski definition) is 3. The quantitative estimate of drug-likeness (QED) is 0.734. The molecule has 3 heteroatoms. The van der Waals surface area contributed by atoms with Gasteiger partial charge in [0.1, 0.15) is 5.75 Å². The van der Waals surface area contributed by atoms with Crippen molar-refractivity contribution in [3.05, 3.63) is 64.4 Å². The Balaban J connectivity index is 2.15. The molecule has 1 aromatic heterocycles. The molecule has 0 aliphatic carbocycles. The summed E-state index contributed by atoms with van der Waals surface area (Å²) in [6.07, 6.45) is 0. The van der Waals surface area contributed by atoms with E-state index in [9.17, 15) is 5.11 Å². The fourth-order valence-electron chi connectivity index (χ4n) is 2.15. The first-order chi connectivity index (χ1) is 8.77. The smallest absolute Gasteiger partial charge is 0.128 e. The van der Waals surface area contributed by atoms with E-state index in [0.29, 0.717) is 0 Å². The summed E-state index contributed by atoms with van der Waals surface area (Å²) in [5.74, 6) is 0.284. The number of aromatic hydroxyl groups is 1. The Morgan fingerprint density at radius 3 is 2.67 bits per heavy atom. The van der Waals surface area contributed by atoms with Gasteiger partial charge in [0.05, 0.1) is 6.04 Å². The van der Waals surface area contributed by atoms with E-state index in [1.54, 1.807) is 11.3 Å². The molecule has 2 nitrogen and oxygen atoms in total. The highest BCUT2D eigenvalue weighted by Crippen LogP contribution is 2.34. The lowest BCUT2D eigenvalue weighted by Crippen LogP contribution is -2.11. The Kier molecular flexibility index (Phi) is 2.78. The molecule has 18 heavy (non-hydrogen) atoms. The van der Waals surface area contributed by atoms with Gasteiger partial charge >= 0.3 is 0 Å². The predicted octanol–water partition coefficient (Wildman–Crippen LogP) is 3.66. The zero-order valence-electron chi connectivity index (χ0n) is 9.71. The highest BCUT2D eigenvalue weighted by atomic mass is 32.1. The van der Waals surface area contributed by atoms with Crippen LogP contribution >= 0.6 is 11.3 Å². The molecular formula is C15H13NOS. The predicted molar refractivity (Wildman–Crippen MR) is 76.0 cm³/mol. The third-order valence-corrected chi connectivity index (χ3v) is 3.87. The average Bonchev–Trinajstić information content (AvgIpc) is 2.93. The minimum absolute atomic E-state index is 0.277. The fraction of sp³-hybridized carbons (Fsp3) is 0.0667. The topological polar surface area (TPSA) is 46.2 Å². The molecule has 0 fully saturated rings. The fourth-order valence-corrected chi connectivity index (χ4v) is 2.85. The van der Waals surface area contributed by atoms with E-state index < -0.39 is 0 Å². The Bertz CT molecular complexity index is 676. The van der Waals surface area contributed by atoms with E-state index in [-0.39, 0.29) is 11.8 Å². The van der Waals surface area contributed by atoms with E-state index in [2.05, 4.69) is 0 Å². The third-order valence-electron chi connectivity index (χ3n) is 3.17. The first-order valence-corrected chi connectivity index (χ1v) is 6.70. The maximum Gasteiger partial charge on any atom is 0.128 e. The largest absolute Gasteiger partial charge is 0.507 e. The minimum atomic E-state index is -0.277. The number of phenols is 1. The summed E-state index contributed by atoms with van der Waals surface area (Å²) >= 11 is 1.61. The van der Waals surface area contributed by atoms with Crippen molar-refractivity contribution in [1.29, 1.82) is 0 Å². The molecule has 0 saturated carbocycles. The molecule has 1 atom stereocenters. The van der Waals surface area contributed by atoms with Crippen LogP contribution in [0.4, 0.5) is 0 Å². The van der Waals surface area contributed by atoms with Crippen molar-refractivity contribution < 1.29 is 5.11 Å². The Hall–Kier alpha value is -1.84. The summed E-state index contributed by atoms with van der Waals surface area (Å²) in [6, 6.07) is 13.4. The van der Waals surface area contributed by atoms with Crippen LogP contribution in [-0.2, 0) is 0 Å². The molecular weight excluding hydrogens is 242 g/mol. The number of benzene rings is 2. The van der Waals surface area contributed by atoms with Gasteiger partial charge in [0.2, 0.25) is 0 Å². The second kappa shape index (κ2) is 4.44. The second-order valence-electron chi connectivity index (χ2n) is 4.26. The van der Waals surface area contributed by atoms with Crippen LogP contribution in [0.2, 0.25) is 0 Å². The number of thiophene rings is 1. The maximum absolute atomic E-state index is 10.3. The molecule has 3 rings (SSSR count). The highest BCUT2D eigenvalue weighted by Gasteiger charge is 2.15. The molecule has 1 heterocycles. The summed E-state index contributed by atoms with van der Waals surface area (Å²) in [7, 11) is 0. The monoisotopic (exact) mass is 255 g/mol. The van der Waals surface area contributed by atoms with Crippen LogP contribution in [0, 0.1) is 0 Å². The lowest BCUT2D eigenvalue weighted by atomic mass is 9.97. The molecule has 0 amide bonds. The zero-order chi connectivity index (χ0) is 12.5. The van der Waals surface area contributed by atoms with Gasteiger partial charge in [-0.25, -0.2) is 0 Å². The van der Waals surface area contributed by atoms with Crippen molar-refractivity contribution in [2.24, 2.45) is 5.73 Å². The van der Waals surface area contributed by atoms with Crippen molar-refractivity contribution in [2.75, 3.05) is 0 Å². The molecule has 0 radical (unpaired) electrons. The molecule has 0 saturated heterocycles. The number of nitrogens with two attached hydrogens (primary N) is 1. The molecule has 1 unspecified atom stereocenters. The Morgan fingerprint density at radius 2 is 1.89 bits per heavy atom. The number of fused-ring (bicyclic) bond motifs is 1. The van der Waals surface area contributed by atoms with Crippen LogP contribution in [-0.4, -0.2) is 5.11 Å². The highest BCUT2D eigenvalue weighted by molar-refractivity contribution is 7.08. The number of hydrogen-bond donors (Lipinski definition) is 2. The maximum atomic E-state index is 10.3. The van der Waals surface area contributed by atoms with Crippen molar-refractivity contribution in [2.45, 2.75) is 6.04 Å². The van der Waals surface area contributed by atoms with Crippen molar-refractivity contribution in [3.63, 3.8) is 0 Å². The molecule has 0 aliphatic heterocycles.